The average molecular weight is 436 g/mol. The molecule has 0 aliphatic carbocycles. The van der Waals surface area contributed by atoms with Crippen molar-refractivity contribution in [2.45, 2.75) is 91.5 Å². The van der Waals surface area contributed by atoms with Gasteiger partial charge in [-0.3, -0.25) is 0 Å². The van der Waals surface area contributed by atoms with Crippen LogP contribution < -0.4 is 5.32 Å². The molecule has 1 atom stereocenters. The quantitative estimate of drug-likeness (QED) is 0.104. The second-order valence-electron chi connectivity index (χ2n) is 8.55. The van der Waals surface area contributed by atoms with E-state index in [1.807, 2.05) is 13.0 Å². The molecule has 0 saturated heterocycles. The Bertz CT molecular complexity index is 817. The monoisotopic (exact) mass is 435 g/mol. The smallest absolute Gasteiger partial charge is 0.0342 e. The van der Waals surface area contributed by atoms with Crippen LogP contribution in [0.4, 0.5) is 0 Å². The Labute approximate surface area is 197 Å². The highest BCUT2D eigenvalue weighted by molar-refractivity contribution is 7.80. The maximum atomic E-state index is 5.63. The minimum Gasteiger partial charge on any atom is -0.384 e. The van der Waals surface area contributed by atoms with E-state index in [9.17, 15) is 0 Å². The lowest BCUT2D eigenvalue weighted by Crippen LogP contribution is -2.40. The van der Waals surface area contributed by atoms with Crippen molar-refractivity contribution in [2.75, 3.05) is 0 Å². The topological polar surface area (TPSA) is 12.0 Å². The molecule has 1 unspecified atom stereocenters. The van der Waals surface area contributed by atoms with Crippen molar-refractivity contribution >= 4 is 17.1 Å². The minimum absolute atomic E-state index is 0.0819. The highest BCUT2D eigenvalue weighted by Gasteiger charge is 2.20. The summed E-state index contributed by atoms with van der Waals surface area (Å²) in [4.78, 5) is 1.07. The van der Waals surface area contributed by atoms with Crippen LogP contribution in [-0.2, 0) is 6.42 Å². The number of hydrogen-bond acceptors (Lipinski definition) is 2. The lowest BCUT2D eigenvalue weighted by Gasteiger charge is -2.32. The molecule has 0 aliphatic heterocycles. The van der Waals surface area contributed by atoms with E-state index in [-0.39, 0.29) is 5.54 Å². The molecule has 0 heterocycles. The molecule has 0 spiro atoms. The number of hydrogen-bond donors (Lipinski definition) is 1. The summed E-state index contributed by atoms with van der Waals surface area (Å²) in [7, 11) is 0. The van der Waals surface area contributed by atoms with Gasteiger partial charge in [0.25, 0.3) is 0 Å². The number of thiocarbonyl (C=S) groups is 1. The first-order valence-corrected chi connectivity index (χ1v) is 12.1. The zero-order valence-corrected chi connectivity index (χ0v) is 21.1. The first-order valence-electron chi connectivity index (χ1n) is 11.7. The lowest BCUT2D eigenvalue weighted by atomic mass is 9.91. The van der Waals surface area contributed by atoms with Crippen LogP contribution in [0.15, 0.2) is 60.3 Å². The Morgan fingerprint density at radius 1 is 1.16 bits per heavy atom. The molecule has 0 saturated carbocycles. The standard InChI is InChI=1S/C29H41NS/c1-7-10-15-24(4)16-13-14-23-29(6,9-3)30-25(5)17-11-12-18-28(31)27-21-19-26(8-2)20-22-27/h13,15-16,19-22,30H,5,8-9,11-12,14,17-18,23H2,1-4,6H3/b16-13-,24-15-. The van der Waals surface area contributed by atoms with E-state index in [0.29, 0.717) is 0 Å². The van der Waals surface area contributed by atoms with Gasteiger partial charge in [0.15, 0.2) is 0 Å². The van der Waals surface area contributed by atoms with Crippen molar-refractivity contribution in [1.82, 2.24) is 5.32 Å². The van der Waals surface area contributed by atoms with E-state index in [4.69, 9.17) is 12.2 Å². The van der Waals surface area contributed by atoms with Crippen LogP contribution in [-0.4, -0.2) is 10.4 Å². The third kappa shape index (κ3) is 11.2. The van der Waals surface area contributed by atoms with E-state index in [2.05, 4.69) is 87.8 Å². The molecule has 1 nitrogen and oxygen atoms in total. The first-order chi connectivity index (χ1) is 14.8. The van der Waals surface area contributed by atoms with Crippen LogP contribution in [0.25, 0.3) is 0 Å². The molecule has 0 aromatic heterocycles. The molecule has 31 heavy (non-hydrogen) atoms. The summed E-state index contributed by atoms with van der Waals surface area (Å²) in [5.74, 6) is 5.89. The maximum absolute atomic E-state index is 5.63. The van der Waals surface area contributed by atoms with Gasteiger partial charge in [0.2, 0.25) is 0 Å². The summed E-state index contributed by atoms with van der Waals surface area (Å²) >= 11 is 5.63. The van der Waals surface area contributed by atoms with Crippen molar-refractivity contribution in [3.05, 3.63) is 71.5 Å². The second-order valence-corrected chi connectivity index (χ2v) is 9.04. The van der Waals surface area contributed by atoms with E-state index in [0.717, 1.165) is 61.9 Å². The van der Waals surface area contributed by atoms with Gasteiger partial charge in [0.1, 0.15) is 0 Å². The van der Waals surface area contributed by atoms with E-state index >= 15 is 0 Å². The number of allylic oxidation sites excluding steroid dienone is 5. The zero-order chi connectivity index (χ0) is 23.1. The Morgan fingerprint density at radius 3 is 2.45 bits per heavy atom. The van der Waals surface area contributed by atoms with Crippen LogP contribution in [0.5, 0.6) is 0 Å². The SMILES string of the molecule is C=C(CCCCC(=S)c1ccc(CC)cc1)NC(C)(CC)CC/C=C\C(C)=C/C#CC. The molecule has 0 bridgehead atoms. The summed E-state index contributed by atoms with van der Waals surface area (Å²) in [6.45, 7) is 15.0. The predicted octanol–water partition coefficient (Wildman–Crippen LogP) is 8.11. The molecule has 0 amide bonds. The predicted molar refractivity (Wildman–Crippen MR) is 143 cm³/mol. The molecule has 0 radical (unpaired) electrons. The number of aryl methyl sites for hydroxylation is 1. The van der Waals surface area contributed by atoms with Gasteiger partial charge < -0.3 is 5.32 Å². The van der Waals surface area contributed by atoms with Crippen molar-refractivity contribution in [3.8, 4) is 11.8 Å². The summed E-state index contributed by atoms with van der Waals surface area (Å²) in [6, 6.07) is 8.70. The fourth-order valence-electron chi connectivity index (χ4n) is 3.42. The molecule has 1 aromatic carbocycles. The Morgan fingerprint density at radius 2 is 1.84 bits per heavy atom. The summed E-state index contributed by atoms with van der Waals surface area (Å²) < 4.78 is 0. The first kappa shape index (κ1) is 26.9. The second kappa shape index (κ2) is 14.8. The van der Waals surface area contributed by atoms with Gasteiger partial charge in [-0.15, -0.1) is 5.92 Å². The number of benzene rings is 1. The van der Waals surface area contributed by atoms with Crippen molar-refractivity contribution in [1.29, 1.82) is 0 Å². The fraction of sp³-hybridized carbons (Fsp3) is 0.483. The molecular weight excluding hydrogens is 394 g/mol. The van der Waals surface area contributed by atoms with Crippen molar-refractivity contribution in [2.24, 2.45) is 0 Å². The summed E-state index contributed by atoms with van der Waals surface area (Å²) in [6.07, 6.45) is 14.8. The Hall–Kier alpha value is -2.11. The van der Waals surface area contributed by atoms with Crippen LogP contribution in [0.2, 0.25) is 0 Å². The molecule has 1 rings (SSSR count). The summed E-state index contributed by atoms with van der Waals surface area (Å²) in [5, 5.41) is 3.70. The minimum atomic E-state index is 0.0819. The average Bonchev–Trinajstić information content (AvgIpc) is 2.78. The molecule has 0 aliphatic rings. The van der Waals surface area contributed by atoms with Gasteiger partial charge in [-0.1, -0.05) is 75.0 Å². The van der Waals surface area contributed by atoms with Gasteiger partial charge in [-0.05, 0) is 94.9 Å². The van der Waals surface area contributed by atoms with Gasteiger partial charge >= 0.3 is 0 Å². The number of rotatable bonds is 14. The number of unbranched alkanes of at least 4 members (excludes halogenated alkanes) is 1. The number of nitrogens with one attached hydrogen (secondary N) is 1. The Balaban J connectivity index is 2.36. The Kier molecular flexibility index (Phi) is 12.9. The molecule has 0 fully saturated rings. The summed E-state index contributed by atoms with van der Waals surface area (Å²) in [5.41, 5.74) is 4.98. The highest BCUT2D eigenvalue weighted by Crippen LogP contribution is 2.21. The van der Waals surface area contributed by atoms with Crippen LogP contribution >= 0.6 is 12.2 Å². The largest absolute Gasteiger partial charge is 0.384 e. The maximum Gasteiger partial charge on any atom is 0.0342 e. The lowest BCUT2D eigenvalue weighted by molar-refractivity contribution is 0.346. The molecule has 1 aromatic rings. The fourth-order valence-corrected chi connectivity index (χ4v) is 3.70. The van der Waals surface area contributed by atoms with Crippen LogP contribution in [0.3, 0.4) is 0 Å². The zero-order valence-electron chi connectivity index (χ0n) is 20.3. The van der Waals surface area contributed by atoms with E-state index in [1.54, 1.807) is 0 Å². The van der Waals surface area contributed by atoms with Crippen molar-refractivity contribution in [3.63, 3.8) is 0 Å². The van der Waals surface area contributed by atoms with E-state index < -0.39 is 0 Å². The molecule has 1 N–H and O–H groups in total. The van der Waals surface area contributed by atoms with Gasteiger partial charge in [-0.2, -0.15) is 0 Å². The van der Waals surface area contributed by atoms with E-state index in [1.165, 1.54) is 16.7 Å². The molecule has 2 heteroatoms. The molecular formula is C29H41NS. The normalized spacial score (nSPS) is 13.4. The van der Waals surface area contributed by atoms with Crippen LogP contribution in [0.1, 0.15) is 90.7 Å². The highest BCUT2D eigenvalue weighted by atomic mass is 32.1. The molecule has 168 valence electrons. The van der Waals surface area contributed by atoms with Crippen LogP contribution in [0, 0.1) is 11.8 Å². The van der Waals surface area contributed by atoms with Crippen molar-refractivity contribution < 1.29 is 0 Å². The van der Waals surface area contributed by atoms with Gasteiger partial charge in [-0.25, -0.2) is 0 Å². The van der Waals surface area contributed by atoms with Gasteiger partial charge in [0.05, 0.1) is 0 Å². The van der Waals surface area contributed by atoms with Gasteiger partial charge in [0, 0.05) is 16.1 Å². The third-order valence-electron chi connectivity index (χ3n) is 5.76. The third-order valence-corrected chi connectivity index (χ3v) is 6.20.